The van der Waals surface area contributed by atoms with E-state index in [1.165, 1.54) is 11.8 Å². The van der Waals surface area contributed by atoms with E-state index >= 15 is 0 Å². The van der Waals surface area contributed by atoms with Gasteiger partial charge in [0.2, 0.25) is 11.2 Å². The molecule has 2 N–H and O–H groups in total. The quantitative estimate of drug-likeness (QED) is 0.778. The summed E-state index contributed by atoms with van der Waals surface area (Å²) in [6.07, 6.45) is 2.14. The second-order valence-electron chi connectivity index (χ2n) is 4.34. The second kappa shape index (κ2) is 8.28. The van der Waals surface area contributed by atoms with Crippen molar-refractivity contribution >= 4 is 28.3 Å². The van der Waals surface area contributed by atoms with Gasteiger partial charge in [-0.05, 0) is 6.42 Å². The summed E-state index contributed by atoms with van der Waals surface area (Å²) in [5.41, 5.74) is -0.554. The lowest BCUT2D eigenvalue weighted by Crippen LogP contribution is -2.23. The molecule has 1 rings (SSSR count). The number of thioether (sulfide) groups is 1. The Morgan fingerprint density at radius 1 is 1.55 bits per heavy atom. The molecule has 0 aliphatic carbocycles. The van der Waals surface area contributed by atoms with E-state index in [1.54, 1.807) is 0 Å². The first-order chi connectivity index (χ1) is 9.49. The van der Waals surface area contributed by atoms with E-state index in [-0.39, 0.29) is 23.9 Å². The van der Waals surface area contributed by atoms with Crippen LogP contribution >= 0.6 is 24.0 Å². The van der Waals surface area contributed by atoms with Crippen molar-refractivity contribution < 1.29 is 14.6 Å². The fourth-order valence-corrected chi connectivity index (χ4v) is 2.52. The molecule has 0 amide bonds. The number of thiocarbonyl (C=S) groups is 1. The van der Waals surface area contributed by atoms with E-state index in [4.69, 9.17) is 21.7 Å². The molecule has 1 aromatic rings. The van der Waals surface area contributed by atoms with Gasteiger partial charge >= 0.3 is 0 Å². The van der Waals surface area contributed by atoms with Crippen molar-refractivity contribution in [3.63, 3.8) is 0 Å². The maximum absolute atomic E-state index is 11.5. The van der Waals surface area contributed by atoms with Gasteiger partial charge in [-0.15, -0.1) is 0 Å². The summed E-state index contributed by atoms with van der Waals surface area (Å²) in [6.45, 7) is 2.60. The number of hydrogen-bond donors (Lipinski definition) is 2. The molecule has 20 heavy (non-hydrogen) atoms. The topological polar surface area (TPSA) is 73.9 Å². The standard InChI is InChI=1S/C13H19NO4S2/c1-3-4-5-14(2)13(19)20-8-11-12(17)10(16)6-9(7-15)18-11/h6,15,17H,3-5,7-8H2,1-2H3. The molecule has 7 heteroatoms. The van der Waals surface area contributed by atoms with Crippen molar-refractivity contribution in [1.29, 1.82) is 0 Å². The van der Waals surface area contributed by atoms with Gasteiger partial charge in [0.05, 0.1) is 5.75 Å². The van der Waals surface area contributed by atoms with Gasteiger partial charge in [-0.2, -0.15) is 0 Å². The Morgan fingerprint density at radius 2 is 2.25 bits per heavy atom. The van der Waals surface area contributed by atoms with Crippen LogP contribution in [0.1, 0.15) is 31.3 Å². The lowest BCUT2D eigenvalue weighted by atomic mass is 10.3. The summed E-state index contributed by atoms with van der Waals surface area (Å²) in [6, 6.07) is 1.08. The van der Waals surface area contributed by atoms with Gasteiger partial charge in [-0.1, -0.05) is 37.3 Å². The van der Waals surface area contributed by atoms with Crippen molar-refractivity contribution in [2.24, 2.45) is 0 Å². The number of aromatic hydroxyl groups is 1. The normalized spacial score (nSPS) is 10.6. The third kappa shape index (κ3) is 4.81. The third-order valence-corrected chi connectivity index (χ3v) is 4.32. The van der Waals surface area contributed by atoms with Gasteiger partial charge in [0.25, 0.3) is 0 Å². The zero-order chi connectivity index (χ0) is 15.1. The fourth-order valence-electron chi connectivity index (χ4n) is 1.49. The second-order valence-corrected chi connectivity index (χ2v) is 5.95. The molecule has 0 radical (unpaired) electrons. The highest BCUT2D eigenvalue weighted by Crippen LogP contribution is 2.22. The smallest absolute Gasteiger partial charge is 0.227 e. The van der Waals surface area contributed by atoms with Crippen LogP contribution in [0.2, 0.25) is 0 Å². The molecule has 0 aromatic carbocycles. The van der Waals surface area contributed by atoms with Crippen LogP contribution in [-0.4, -0.2) is 33.0 Å². The number of rotatable bonds is 6. The van der Waals surface area contributed by atoms with E-state index in [0.29, 0.717) is 4.32 Å². The summed E-state index contributed by atoms with van der Waals surface area (Å²) >= 11 is 6.58. The van der Waals surface area contributed by atoms with Gasteiger partial charge < -0.3 is 19.5 Å². The highest BCUT2D eigenvalue weighted by atomic mass is 32.2. The van der Waals surface area contributed by atoms with Crippen molar-refractivity contribution in [2.45, 2.75) is 32.1 Å². The van der Waals surface area contributed by atoms with Crippen LogP contribution in [0.4, 0.5) is 0 Å². The average molecular weight is 317 g/mol. The van der Waals surface area contributed by atoms with E-state index in [1.807, 2.05) is 11.9 Å². The summed E-state index contributed by atoms with van der Waals surface area (Å²) in [7, 11) is 1.91. The number of aliphatic hydroxyl groups excluding tert-OH is 1. The molecule has 0 aliphatic rings. The maximum Gasteiger partial charge on any atom is 0.227 e. The molecule has 112 valence electrons. The van der Waals surface area contributed by atoms with Gasteiger partial charge in [0.1, 0.15) is 16.7 Å². The molecular formula is C13H19NO4S2. The summed E-state index contributed by atoms with van der Waals surface area (Å²) < 4.78 is 5.93. The van der Waals surface area contributed by atoms with Crippen molar-refractivity contribution in [3.8, 4) is 5.75 Å². The van der Waals surface area contributed by atoms with Crippen LogP contribution in [0, 0.1) is 0 Å². The van der Waals surface area contributed by atoms with Crippen molar-refractivity contribution in [2.75, 3.05) is 13.6 Å². The predicted molar refractivity (Wildman–Crippen MR) is 84.0 cm³/mol. The monoisotopic (exact) mass is 317 g/mol. The Morgan fingerprint density at radius 3 is 2.85 bits per heavy atom. The SMILES string of the molecule is CCCCN(C)C(=S)SCc1oc(CO)cc(=O)c1O. The van der Waals surface area contributed by atoms with Crippen molar-refractivity contribution in [3.05, 3.63) is 27.8 Å². The van der Waals surface area contributed by atoms with Crippen LogP contribution in [0.25, 0.3) is 0 Å². The molecule has 0 atom stereocenters. The lowest BCUT2D eigenvalue weighted by Gasteiger charge is -2.18. The first kappa shape index (κ1) is 17.0. The van der Waals surface area contributed by atoms with Crippen LogP contribution < -0.4 is 5.43 Å². The molecule has 0 fully saturated rings. The molecule has 0 aliphatic heterocycles. The number of hydrogen-bond acceptors (Lipinski definition) is 6. The van der Waals surface area contributed by atoms with Crippen LogP contribution in [0.15, 0.2) is 15.3 Å². The molecule has 1 aromatic heterocycles. The third-order valence-electron chi connectivity index (χ3n) is 2.69. The van der Waals surface area contributed by atoms with Gasteiger partial charge in [-0.3, -0.25) is 4.79 Å². The van der Waals surface area contributed by atoms with E-state index in [0.717, 1.165) is 25.5 Å². The van der Waals surface area contributed by atoms with Crippen LogP contribution in [-0.2, 0) is 12.4 Å². The minimum absolute atomic E-state index is 0.133. The maximum atomic E-state index is 11.5. The average Bonchev–Trinajstić information content (AvgIpc) is 2.45. The Balaban J connectivity index is 2.68. The van der Waals surface area contributed by atoms with Gasteiger partial charge in [0, 0.05) is 19.7 Å². The van der Waals surface area contributed by atoms with Gasteiger partial charge in [-0.25, -0.2) is 0 Å². The minimum atomic E-state index is -0.554. The first-order valence-corrected chi connectivity index (χ1v) is 7.72. The van der Waals surface area contributed by atoms with E-state index in [2.05, 4.69) is 6.92 Å². The highest BCUT2D eigenvalue weighted by Gasteiger charge is 2.13. The molecular weight excluding hydrogens is 298 g/mol. The predicted octanol–water partition coefficient (Wildman–Crippen LogP) is 2.09. The molecule has 0 spiro atoms. The molecule has 1 heterocycles. The largest absolute Gasteiger partial charge is 0.502 e. The summed E-state index contributed by atoms with van der Waals surface area (Å²) in [5, 5.41) is 18.6. The summed E-state index contributed by atoms with van der Waals surface area (Å²) in [5.74, 6) is 0.102. The zero-order valence-corrected chi connectivity index (χ0v) is 13.2. The van der Waals surface area contributed by atoms with Crippen LogP contribution in [0.5, 0.6) is 5.75 Å². The molecule has 0 unspecified atom stereocenters. The van der Waals surface area contributed by atoms with E-state index in [9.17, 15) is 9.90 Å². The number of nitrogens with zero attached hydrogens (tertiary/aromatic N) is 1. The molecule has 5 nitrogen and oxygen atoms in total. The Hall–Kier alpha value is -1.05. The molecule has 0 bridgehead atoms. The molecule has 0 saturated heterocycles. The Labute approximate surface area is 127 Å². The Kier molecular flexibility index (Phi) is 7.04. The van der Waals surface area contributed by atoms with Gasteiger partial charge in [0.15, 0.2) is 5.76 Å². The minimum Gasteiger partial charge on any atom is -0.502 e. The zero-order valence-electron chi connectivity index (χ0n) is 11.6. The number of aliphatic hydroxyl groups is 1. The molecule has 0 saturated carbocycles. The van der Waals surface area contributed by atoms with Crippen molar-refractivity contribution in [1.82, 2.24) is 4.90 Å². The van der Waals surface area contributed by atoms with Crippen LogP contribution in [0.3, 0.4) is 0 Å². The summed E-state index contributed by atoms with van der Waals surface area (Å²) in [4.78, 5) is 13.4. The highest BCUT2D eigenvalue weighted by molar-refractivity contribution is 8.22. The Bertz CT molecular complexity index is 516. The number of unbranched alkanes of at least 4 members (excludes halogenated alkanes) is 1. The fraction of sp³-hybridized carbons (Fsp3) is 0.538. The first-order valence-electron chi connectivity index (χ1n) is 6.33. The van der Waals surface area contributed by atoms with E-state index < -0.39 is 11.2 Å². The lowest BCUT2D eigenvalue weighted by molar-refractivity contribution is 0.237.